The normalized spacial score (nSPS) is 24.6. The van der Waals surface area contributed by atoms with E-state index < -0.39 is 6.04 Å². The first kappa shape index (κ1) is 14.1. The Morgan fingerprint density at radius 3 is 2.72 bits per heavy atom. The van der Waals surface area contributed by atoms with E-state index in [1.54, 1.807) is 4.90 Å². The third-order valence-electron chi connectivity index (χ3n) is 3.60. The summed E-state index contributed by atoms with van der Waals surface area (Å²) < 4.78 is 0. The summed E-state index contributed by atoms with van der Waals surface area (Å²) in [5, 5.41) is 8.91. The molecule has 0 aromatic rings. The molecule has 1 amide bonds. The van der Waals surface area contributed by atoms with Gasteiger partial charge in [-0.05, 0) is 5.92 Å². The van der Waals surface area contributed by atoms with E-state index in [1.807, 2.05) is 11.8 Å². The maximum atomic E-state index is 11.8. The molecule has 3 N–H and O–H groups in total. The zero-order chi connectivity index (χ0) is 13.3. The third-order valence-corrected chi connectivity index (χ3v) is 5.04. The van der Waals surface area contributed by atoms with Crippen LogP contribution in [-0.2, 0) is 4.79 Å². The minimum absolute atomic E-state index is 0.120. The molecular weight excluding hydrogens is 250 g/mol. The highest BCUT2D eigenvalue weighted by molar-refractivity contribution is 8.01. The summed E-state index contributed by atoms with van der Waals surface area (Å²) in [4.78, 5) is 16.2. The van der Waals surface area contributed by atoms with Crippen molar-refractivity contribution < 1.29 is 9.90 Å². The van der Waals surface area contributed by atoms with Crippen LogP contribution in [0.1, 0.15) is 13.8 Å². The highest BCUT2D eigenvalue weighted by atomic mass is 32.2. The minimum Gasteiger partial charge on any atom is -0.394 e. The van der Waals surface area contributed by atoms with Crippen molar-refractivity contribution in [1.82, 2.24) is 9.80 Å². The number of aliphatic hydroxyl groups is 1. The van der Waals surface area contributed by atoms with E-state index in [0.29, 0.717) is 5.92 Å². The van der Waals surface area contributed by atoms with E-state index in [1.165, 1.54) is 0 Å². The second-order valence-electron chi connectivity index (χ2n) is 5.62. The van der Waals surface area contributed by atoms with Crippen molar-refractivity contribution in [2.24, 2.45) is 11.7 Å². The van der Waals surface area contributed by atoms with E-state index in [2.05, 4.69) is 18.7 Å². The SMILES string of the molecule is CC(C)CN1CCSC12CN(C(=O)[C@@H](N)CO)C2. The molecule has 5 nitrogen and oxygen atoms in total. The molecule has 0 aliphatic carbocycles. The Labute approximate surface area is 113 Å². The molecule has 6 heteroatoms. The van der Waals surface area contributed by atoms with Gasteiger partial charge in [0.25, 0.3) is 0 Å². The van der Waals surface area contributed by atoms with Gasteiger partial charge in [-0.1, -0.05) is 13.8 Å². The van der Waals surface area contributed by atoms with Crippen molar-refractivity contribution >= 4 is 17.7 Å². The quantitative estimate of drug-likeness (QED) is 0.726. The van der Waals surface area contributed by atoms with Crippen LogP contribution >= 0.6 is 11.8 Å². The summed E-state index contributed by atoms with van der Waals surface area (Å²) in [7, 11) is 0. The average molecular weight is 273 g/mol. The molecule has 0 unspecified atom stereocenters. The van der Waals surface area contributed by atoms with Gasteiger partial charge >= 0.3 is 0 Å². The molecule has 0 aromatic heterocycles. The number of rotatable bonds is 4. The number of amides is 1. The standard InChI is InChI=1S/C12H23N3O2S/c1-9(2)5-15-3-4-18-12(15)7-14(8-12)11(17)10(13)6-16/h9-10,16H,3-8,13H2,1-2H3/t10-/m0/s1. The summed E-state index contributed by atoms with van der Waals surface area (Å²) >= 11 is 1.95. The Balaban J connectivity index is 1.91. The van der Waals surface area contributed by atoms with Crippen molar-refractivity contribution in [3.8, 4) is 0 Å². The lowest BCUT2D eigenvalue weighted by molar-refractivity contribution is -0.142. The minimum atomic E-state index is -0.757. The van der Waals surface area contributed by atoms with Gasteiger partial charge in [-0.3, -0.25) is 9.69 Å². The molecule has 18 heavy (non-hydrogen) atoms. The van der Waals surface area contributed by atoms with E-state index in [4.69, 9.17) is 10.8 Å². The second-order valence-corrected chi connectivity index (χ2v) is 7.07. The number of hydrogen-bond donors (Lipinski definition) is 2. The number of thioether (sulfide) groups is 1. The molecule has 2 heterocycles. The Morgan fingerprint density at radius 2 is 2.17 bits per heavy atom. The lowest BCUT2D eigenvalue weighted by Gasteiger charge is -2.52. The average Bonchev–Trinajstić information content (AvgIpc) is 2.67. The summed E-state index contributed by atoms with van der Waals surface area (Å²) in [5.41, 5.74) is 5.57. The molecule has 2 aliphatic rings. The fourth-order valence-corrected chi connectivity index (χ4v) is 4.18. The van der Waals surface area contributed by atoms with Gasteiger partial charge in [0.2, 0.25) is 5.91 Å². The van der Waals surface area contributed by atoms with Crippen LogP contribution < -0.4 is 5.73 Å². The molecule has 0 saturated carbocycles. The predicted octanol–water partition coefficient (Wildman–Crippen LogP) is -0.451. The molecule has 1 spiro atoms. The number of nitrogens with two attached hydrogens (primary N) is 1. The van der Waals surface area contributed by atoms with Crippen LogP contribution in [0.25, 0.3) is 0 Å². The lowest BCUT2D eigenvalue weighted by atomic mass is 10.0. The second kappa shape index (κ2) is 5.36. The molecule has 2 rings (SSSR count). The van der Waals surface area contributed by atoms with Crippen molar-refractivity contribution in [2.75, 3.05) is 38.5 Å². The van der Waals surface area contributed by atoms with Gasteiger partial charge in [0.05, 0.1) is 19.7 Å². The predicted molar refractivity (Wildman–Crippen MR) is 73.2 cm³/mol. The van der Waals surface area contributed by atoms with Gasteiger partial charge in [0.15, 0.2) is 0 Å². The molecule has 1 atom stereocenters. The van der Waals surface area contributed by atoms with Crippen molar-refractivity contribution in [3.05, 3.63) is 0 Å². The molecule has 2 fully saturated rings. The molecule has 2 aliphatic heterocycles. The van der Waals surface area contributed by atoms with Crippen LogP contribution in [0.4, 0.5) is 0 Å². The van der Waals surface area contributed by atoms with Crippen LogP contribution in [0.5, 0.6) is 0 Å². The largest absolute Gasteiger partial charge is 0.394 e. The van der Waals surface area contributed by atoms with E-state index in [9.17, 15) is 4.79 Å². The van der Waals surface area contributed by atoms with Gasteiger partial charge in [0, 0.05) is 18.8 Å². The maximum absolute atomic E-state index is 11.8. The number of nitrogens with zero attached hydrogens (tertiary/aromatic N) is 2. The van der Waals surface area contributed by atoms with Gasteiger partial charge in [-0.2, -0.15) is 0 Å². The first-order valence-corrected chi connectivity index (χ1v) is 7.51. The van der Waals surface area contributed by atoms with Crippen molar-refractivity contribution in [1.29, 1.82) is 0 Å². The smallest absolute Gasteiger partial charge is 0.242 e. The van der Waals surface area contributed by atoms with E-state index in [-0.39, 0.29) is 17.4 Å². The topological polar surface area (TPSA) is 69.8 Å². The first-order valence-electron chi connectivity index (χ1n) is 6.53. The van der Waals surface area contributed by atoms with Crippen LogP contribution in [0.2, 0.25) is 0 Å². The fraction of sp³-hybridized carbons (Fsp3) is 0.917. The van der Waals surface area contributed by atoms with Gasteiger partial charge in [0.1, 0.15) is 10.9 Å². The van der Waals surface area contributed by atoms with Gasteiger partial charge < -0.3 is 15.7 Å². The number of carbonyl (C=O) groups is 1. The van der Waals surface area contributed by atoms with E-state index >= 15 is 0 Å². The first-order chi connectivity index (χ1) is 8.48. The number of aliphatic hydroxyl groups excluding tert-OH is 1. The molecule has 0 bridgehead atoms. The van der Waals surface area contributed by atoms with E-state index in [0.717, 1.165) is 31.9 Å². The monoisotopic (exact) mass is 273 g/mol. The van der Waals surface area contributed by atoms with Crippen molar-refractivity contribution in [3.63, 3.8) is 0 Å². The molecule has 104 valence electrons. The van der Waals surface area contributed by atoms with Gasteiger partial charge in [-0.15, -0.1) is 11.8 Å². The number of hydrogen-bond acceptors (Lipinski definition) is 5. The van der Waals surface area contributed by atoms with Crippen molar-refractivity contribution in [2.45, 2.75) is 24.8 Å². The summed E-state index contributed by atoms with van der Waals surface area (Å²) in [6.07, 6.45) is 0. The lowest BCUT2D eigenvalue weighted by Crippen LogP contribution is -2.69. The zero-order valence-electron chi connectivity index (χ0n) is 11.1. The third kappa shape index (κ3) is 2.52. The zero-order valence-corrected chi connectivity index (χ0v) is 11.9. The highest BCUT2D eigenvalue weighted by Crippen LogP contribution is 2.43. The molecular formula is C12H23N3O2S. The van der Waals surface area contributed by atoms with Crippen LogP contribution in [-0.4, -0.2) is 70.3 Å². The van der Waals surface area contributed by atoms with Crippen LogP contribution in [0, 0.1) is 5.92 Å². The van der Waals surface area contributed by atoms with Crippen LogP contribution in [0.3, 0.4) is 0 Å². The Kier molecular flexibility index (Phi) is 4.21. The fourth-order valence-electron chi connectivity index (χ4n) is 2.65. The molecule has 0 radical (unpaired) electrons. The van der Waals surface area contributed by atoms with Crippen LogP contribution in [0.15, 0.2) is 0 Å². The number of carbonyl (C=O) groups excluding carboxylic acids is 1. The maximum Gasteiger partial charge on any atom is 0.242 e. The molecule has 0 aromatic carbocycles. The Bertz CT molecular complexity index is 318. The summed E-state index contributed by atoms with van der Waals surface area (Å²) in [6, 6.07) is -0.757. The Morgan fingerprint density at radius 1 is 1.50 bits per heavy atom. The molecule has 2 saturated heterocycles. The van der Waals surface area contributed by atoms with Gasteiger partial charge in [-0.25, -0.2) is 0 Å². The summed E-state index contributed by atoms with van der Waals surface area (Å²) in [6.45, 7) is 7.86. The highest BCUT2D eigenvalue weighted by Gasteiger charge is 2.52. The summed E-state index contributed by atoms with van der Waals surface area (Å²) in [5.74, 6) is 1.66. The Hall–Kier alpha value is -0.300. The number of likely N-dealkylation sites (tertiary alicyclic amines) is 1.